The highest BCUT2D eigenvalue weighted by molar-refractivity contribution is 9.09. The highest BCUT2D eigenvalue weighted by Gasteiger charge is 2.65. The van der Waals surface area contributed by atoms with Crippen molar-refractivity contribution >= 4 is 29.7 Å². The Kier molecular flexibility index (Phi) is 24.8. The average molecular weight is 855 g/mol. The zero-order valence-electron chi connectivity index (χ0n) is 32.3. The number of allylic oxidation sites excluding steroid dienone is 1. The molecule has 1 amide bonds. The van der Waals surface area contributed by atoms with Gasteiger partial charge in [0.1, 0.15) is 5.75 Å². The van der Waals surface area contributed by atoms with Crippen molar-refractivity contribution in [1.29, 1.82) is 0 Å². The number of unbranched alkanes of at least 4 members (excludes halogenated alkanes) is 17. The normalized spacial score (nSPS) is 16.0. The molecule has 1 aromatic carbocycles. The fourth-order valence-electron chi connectivity index (χ4n) is 5.95. The van der Waals surface area contributed by atoms with Crippen molar-refractivity contribution in [2.75, 3.05) is 32.3 Å². The number of aliphatic hydroxyl groups excluding tert-OH is 1. The van der Waals surface area contributed by atoms with Crippen LogP contribution in [-0.2, 0) is 28.6 Å². The molecule has 1 aromatic rings. The van der Waals surface area contributed by atoms with Crippen molar-refractivity contribution in [2.45, 2.75) is 159 Å². The standard InChI is InChI=1S/C39H64BrF3N3O7P/c1-3-4-5-6-7-8-9-10-11-12-14-17-20-23-36(47)35(32-53-54(49,50-2)52-31-29-40)44-37(48)24-21-18-15-13-16-19-22-30-51-34-27-25-33(26-28-34)38(45-46-38)39(41,42)43/h20,23,25-28,35-36,47H,3-19,21-22,24,29-32H2,1-2H3,(H,44,48)/t35-,36+,54?/m0/s1. The molecular weight excluding hydrogens is 790 g/mol. The first kappa shape index (κ1) is 48.3. The lowest BCUT2D eigenvalue weighted by Crippen LogP contribution is -2.45. The van der Waals surface area contributed by atoms with Gasteiger partial charge in [0.15, 0.2) is 0 Å². The fourth-order valence-corrected chi connectivity index (χ4v) is 7.30. The third-order valence-electron chi connectivity index (χ3n) is 9.30. The molecule has 310 valence electrons. The Labute approximate surface area is 329 Å². The topological polar surface area (TPSA) is 128 Å². The van der Waals surface area contributed by atoms with E-state index < -0.39 is 31.8 Å². The lowest BCUT2D eigenvalue weighted by Gasteiger charge is -2.24. The van der Waals surface area contributed by atoms with Gasteiger partial charge in [-0.15, -0.1) is 10.2 Å². The van der Waals surface area contributed by atoms with E-state index in [1.165, 1.54) is 89.2 Å². The SMILES string of the molecule is CCCCCCCCCCCCCC=C[C@@H](O)[C@H](COP(=O)(OC)OCCBr)NC(=O)CCCCCCCCCOc1ccc(C2(C(F)(F)F)N=N2)cc1. The van der Waals surface area contributed by atoms with Crippen LogP contribution in [-0.4, -0.2) is 61.6 Å². The minimum Gasteiger partial charge on any atom is -0.494 e. The Hall–Kier alpha value is -1.83. The summed E-state index contributed by atoms with van der Waals surface area (Å²) in [5.41, 5.74) is -2.44. The molecule has 1 unspecified atom stereocenters. The number of aliphatic hydroxyl groups is 1. The summed E-state index contributed by atoms with van der Waals surface area (Å²) in [5, 5.41) is 20.6. The van der Waals surface area contributed by atoms with E-state index in [2.05, 4.69) is 38.4 Å². The number of benzene rings is 1. The molecule has 10 nitrogen and oxygen atoms in total. The highest BCUT2D eigenvalue weighted by Crippen LogP contribution is 2.52. The number of nitrogens with one attached hydrogen (secondary N) is 1. The second-order valence-electron chi connectivity index (χ2n) is 13.8. The van der Waals surface area contributed by atoms with Crippen molar-refractivity contribution in [3.63, 3.8) is 0 Å². The summed E-state index contributed by atoms with van der Waals surface area (Å²) in [4.78, 5) is 12.8. The number of phosphoric acid groups is 1. The van der Waals surface area contributed by atoms with Crippen LogP contribution in [0.5, 0.6) is 5.75 Å². The molecular formula is C39H64BrF3N3O7P. The number of carbonyl (C=O) groups is 1. The molecule has 2 rings (SSSR count). The van der Waals surface area contributed by atoms with Crippen LogP contribution in [0.25, 0.3) is 0 Å². The first-order chi connectivity index (χ1) is 26.0. The summed E-state index contributed by atoms with van der Waals surface area (Å²) in [7, 11) is -2.62. The van der Waals surface area contributed by atoms with Crippen LogP contribution >= 0.6 is 23.8 Å². The largest absolute Gasteiger partial charge is 0.494 e. The van der Waals surface area contributed by atoms with Crippen LogP contribution in [0.2, 0.25) is 0 Å². The molecule has 1 aliphatic rings. The summed E-state index contributed by atoms with van der Waals surface area (Å²) in [5.74, 6) is 0.275. The van der Waals surface area contributed by atoms with Crippen LogP contribution in [0.1, 0.15) is 141 Å². The molecule has 0 saturated carbocycles. The van der Waals surface area contributed by atoms with Gasteiger partial charge < -0.3 is 15.2 Å². The molecule has 54 heavy (non-hydrogen) atoms. The monoisotopic (exact) mass is 853 g/mol. The van der Waals surface area contributed by atoms with Crippen LogP contribution < -0.4 is 10.1 Å². The molecule has 2 N–H and O–H groups in total. The number of hydrogen-bond donors (Lipinski definition) is 2. The minimum atomic E-state index is -4.55. The summed E-state index contributed by atoms with van der Waals surface area (Å²) in [6.07, 6.45) is 19.3. The van der Waals surface area contributed by atoms with E-state index in [9.17, 15) is 27.6 Å². The van der Waals surface area contributed by atoms with Crippen LogP contribution in [0.4, 0.5) is 13.2 Å². The smallest absolute Gasteiger partial charge is 0.474 e. The molecule has 15 heteroatoms. The Morgan fingerprint density at radius 2 is 1.43 bits per heavy atom. The van der Waals surface area contributed by atoms with E-state index in [0.29, 0.717) is 24.1 Å². The molecule has 3 atom stereocenters. The van der Waals surface area contributed by atoms with Gasteiger partial charge in [-0.2, -0.15) is 13.2 Å². The quantitative estimate of drug-likeness (QED) is 0.0306. The first-order valence-corrected chi connectivity index (χ1v) is 22.5. The van der Waals surface area contributed by atoms with Crippen molar-refractivity contribution in [3.8, 4) is 5.75 Å². The number of halogens is 4. The van der Waals surface area contributed by atoms with Gasteiger partial charge >= 0.3 is 19.7 Å². The molecule has 0 fully saturated rings. The molecule has 0 radical (unpaired) electrons. The summed E-state index contributed by atoms with van der Waals surface area (Å²) in [6, 6.07) is 4.88. The number of nitrogens with zero attached hydrogens (tertiary/aromatic N) is 2. The predicted octanol–water partition coefficient (Wildman–Crippen LogP) is 11.7. The number of ether oxygens (including phenoxy) is 1. The average Bonchev–Trinajstić information content (AvgIpc) is 3.98. The zero-order chi connectivity index (χ0) is 39.5. The van der Waals surface area contributed by atoms with E-state index >= 15 is 0 Å². The van der Waals surface area contributed by atoms with E-state index in [1.54, 1.807) is 6.08 Å². The molecule has 1 aliphatic heterocycles. The Bertz CT molecular complexity index is 1250. The van der Waals surface area contributed by atoms with Gasteiger partial charge in [0.05, 0.1) is 32.0 Å². The lowest BCUT2D eigenvalue weighted by molar-refractivity contribution is -0.166. The summed E-state index contributed by atoms with van der Waals surface area (Å²) >= 11 is 3.22. The maximum atomic E-state index is 13.2. The second-order valence-corrected chi connectivity index (χ2v) is 16.4. The molecule has 0 spiro atoms. The minimum absolute atomic E-state index is 0.0197. The maximum absolute atomic E-state index is 13.2. The van der Waals surface area contributed by atoms with Gasteiger partial charge in [-0.1, -0.05) is 143 Å². The number of carbonyl (C=O) groups excluding carboxylic acids is 1. The Morgan fingerprint density at radius 1 is 0.870 bits per heavy atom. The lowest BCUT2D eigenvalue weighted by atomic mass is 10.0. The van der Waals surface area contributed by atoms with Crippen LogP contribution in [0, 0.1) is 0 Å². The molecule has 0 bridgehead atoms. The number of alkyl halides is 4. The number of hydrogen-bond acceptors (Lipinski definition) is 9. The van der Waals surface area contributed by atoms with E-state index in [-0.39, 0.29) is 31.1 Å². The van der Waals surface area contributed by atoms with Gasteiger partial charge in [-0.3, -0.25) is 18.4 Å². The van der Waals surface area contributed by atoms with Gasteiger partial charge in [0.2, 0.25) is 5.91 Å². The first-order valence-electron chi connectivity index (χ1n) is 19.9. The second kappa shape index (κ2) is 27.7. The zero-order valence-corrected chi connectivity index (χ0v) is 34.8. The molecule has 0 aromatic heterocycles. The van der Waals surface area contributed by atoms with Crippen LogP contribution in [0.15, 0.2) is 46.6 Å². The number of phosphoric ester groups is 1. The third-order valence-corrected chi connectivity index (χ3v) is 11.0. The van der Waals surface area contributed by atoms with Gasteiger partial charge in [-0.05, 0) is 37.8 Å². The van der Waals surface area contributed by atoms with Crippen molar-refractivity contribution in [3.05, 3.63) is 42.0 Å². The molecule has 0 aliphatic carbocycles. The summed E-state index contributed by atoms with van der Waals surface area (Å²) < 4.78 is 73.6. The van der Waals surface area contributed by atoms with Gasteiger partial charge in [0.25, 0.3) is 0 Å². The highest BCUT2D eigenvalue weighted by atomic mass is 79.9. The number of amides is 1. The Balaban J connectivity index is 1.63. The van der Waals surface area contributed by atoms with Crippen molar-refractivity contribution < 1.29 is 45.9 Å². The Morgan fingerprint density at radius 3 is 1.96 bits per heavy atom. The van der Waals surface area contributed by atoms with Crippen LogP contribution in [0.3, 0.4) is 0 Å². The van der Waals surface area contributed by atoms with Gasteiger partial charge in [-0.25, -0.2) is 4.57 Å². The summed E-state index contributed by atoms with van der Waals surface area (Å²) in [6.45, 7) is 2.57. The molecule has 1 heterocycles. The predicted molar refractivity (Wildman–Crippen MR) is 210 cm³/mol. The maximum Gasteiger partial charge on any atom is 0.474 e. The third kappa shape index (κ3) is 19.9. The van der Waals surface area contributed by atoms with E-state index in [0.717, 1.165) is 57.8 Å². The fraction of sp³-hybridized carbons (Fsp3) is 0.769. The van der Waals surface area contributed by atoms with Gasteiger partial charge in [0, 0.05) is 24.4 Å². The number of rotatable bonds is 34. The van der Waals surface area contributed by atoms with E-state index in [1.807, 2.05) is 6.08 Å². The van der Waals surface area contributed by atoms with Crippen molar-refractivity contribution in [2.24, 2.45) is 10.2 Å². The molecule has 0 saturated heterocycles. The van der Waals surface area contributed by atoms with E-state index in [4.69, 9.17) is 18.3 Å². The van der Waals surface area contributed by atoms with Crippen molar-refractivity contribution in [1.82, 2.24) is 5.32 Å².